The number of urea groups is 1. The molecule has 0 aliphatic carbocycles. The summed E-state index contributed by atoms with van der Waals surface area (Å²) in [6.45, 7) is 5.45. The summed E-state index contributed by atoms with van der Waals surface area (Å²) < 4.78 is 0. The van der Waals surface area contributed by atoms with E-state index in [9.17, 15) is 9.59 Å². The predicted octanol–water partition coefficient (Wildman–Crippen LogP) is 1.35. The number of aliphatic carboxylic acids is 1. The van der Waals surface area contributed by atoms with E-state index in [0.29, 0.717) is 25.6 Å². The molecule has 1 aliphatic rings. The Labute approximate surface area is 112 Å². The highest BCUT2D eigenvalue weighted by Crippen LogP contribution is 2.22. The molecule has 104 valence electrons. The molecule has 0 aromatic heterocycles. The molecule has 18 heavy (non-hydrogen) atoms. The first-order valence-electron chi connectivity index (χ1n) is 6.20. The number of rotatable bonds is 5. The first kappa shape index (κ1) is 15.1. The Hall–Kier alpha value is -0.910. The molecule has 0 aromatic rings. The summed E-state index contributed by atoms with van der Waals surface area (Å²) in [5.41, 5.74) is 0. The molecule has 1 fully saturated rings. The standard InChI is InChI=1S/C12H22N2O3S/c1-8(7-18-3)4-13-12(17)14-5-9(2)10(6-14)11(15)16/h8-10H,4-7H2,1-3H3,(H,13,17)(H,15,16)/t8?,9-,10-/m1/s1. The highest BCUT2D eigenvalue weighted by molar-refractivity contribution is 7.98. The number of carboxylic acids is 1. The summed E-state index contributed by atoms with van der Waals surface area (Å²) in [6, 6.07) is -0.140. The summed E-state index contributed by atoms with van der Waals surface area (Å²) >= 11 is 1.76. The summed E-state index contributed by atoms with van der Waals surface area (Å²) in [6.07, 6.45) is 2.04. The van der Waals surface area contributed by atoms with Gasteiger partial charge in [0.2, 0.25) is 0 Å². The lowest BCUT2D eigenvalue weighted by molar-refractivity contribution is -0.142. The van der Waals surface area contributed by atoms with Crippen LogP contribution in [0.5, 0.6) is 0 Å². The summed E-state index contributed by atoms with van der Waals surface area (Å²) in [5.74, 6) is 0.220. The molecule has 1 rings (SSSR count). The summed E-state index contributed by atoms with van der Waals surface area (Å²) in [7, 11) is 0. The van der Waals surface area contributed by atoms with Crippen molar-refractivity contribution < 1.29 is 14.7 Å². The molecule has 0 saturated carbocycles. The predicted molar refractivity (Wildman–Crippen MR) is 72.8 cm³/mol. The molecule has 1 saturated heterocycles. The zero-order valence-corrected chi connectivity index (χ0v) is 12.0. The number of thioether (sulfide) groups is 1. The molecule has 1 heterocycles. The molecule has 1 aliphatic heterocycles. The first-order valence-corrected chi connectivity index (χ1v) is 7.59. The third kappa shape index (κ3) is 4.08. The minimum Gasteiger partial charge on any atom is -0.481 e. The number of carboxylic acid groups (broad SMARTS) is 1. The van der Waals surface area contributed by atoms with Crippen LogP contribution in [0.2, 0.25) is 0 Å². The third-order valence-corrected chi connectivity index (χ3v) is 4.17. The van der Waals surface area contributed by atoms with Crippen LogP contribution in [0.25, 0.3) is 0 Å². The third-order valence-electron chi connectivity index (χ3n) is 3.27. The van der Waals surface area contributed by atoms with E-state index in [2.05, 4.69) is 12.2 Å². The van der Waals surface area contributed by atoms with Crippen LogP contribution in [0, 0.1) is 17.8 Å². The first-order chi connectivity index (χ1) is 8.45. The van der Waals surface area contributed by atoms with Crippen LogP contribution in [0.15, 0.2) is 0 Å². The molecule has 0 spiro atoms. The fourth-order valence-corrected chi connectivity index (χ4v) is 2.86. The Balaban J connectivity index is 2.38. The molecule has 0 aromatic carbocycles. The van der Waals surface area contributed by atoms with Gasteiger partial charge in [-0.05, 0) is 23.8 Å². The van der Waals surface area contributed by atoms with Gasteiger partial charge in [0.05, 0.1) is 5.92 Å². The molecular weight excluding hydrogens is 252 g/mol. The monoisotopic (exact) mass is 274 g/mol. The summed E-state index contributed by atoms with van der Waals surface area (Å²) in [4.78, 5) is 24.5. The van der Waals surface area contributed by atoms with Gasteiger partial charge >= 0.3 is 12.0 Å². The molecule has 6 heteroatoms. The van der Waals surface area contributed by atoms with Gasteiger partial charge in [0.1, 0.15) is 0 Å². The number of carbonyl (C=O) groups is 2. The zero-order chi connectivity index (χ0) is 13.7. The number of nitrogens with one attached hydrogen (secondary N) is 1. The van der Waals surface area contributed by atoms with Crippen molar-refractivity contribution >= 4 is 23.8 Å². The van der Waals surface area contributed by atoms with Crippen molar-refractivity contribution in [1.82, 2.24) is 10.2 Å². The SMILES string of the molecule is CSCC(C)CNC(=O)N1C[C@@H](C)[C@H](C(=O)O)C1. The normalized spacial score (nSPS) is 24.9. The van der Waals surface area contributed by atoms with Gasteiger partial charge in [0.25, 0.3) is 0 Å². The molecule has 1 unspecified atom stereocenters. The molecular formula is C12H22N2O3S. The largest absolute Gasteiger partial charge is 0.481 e. The Morgan fingerprint density at radius 1 is 1.50 bits per heavy atom. The second-order valence-electron chi connectivity index (χ2n) is 5.07. The number of nitrogens with zero attached hydrogens (tertiary/aromatic N) is 1. The average molecular weight is 274 g/mol. The second kappa shape index (κ2) is 6.87. The Morgan fingerprint density at radius 3 is 2.67 bits per heavy atom. The molecule has 0 bridgehead atoms. The summed E-state index contributed by atoms with van der Waals surface area (Å²) in [5, 5.41) is 11.9. The fourth-order valence-electron chi connectivity index (χ4n) is 2.17. The smallest absolute Gasteiger partial charge is 0.317 e. The van der Waals surface area contributed by atoms with Gasteiger partial charge < -0.3 is 15.3 Å². The minimum absolute atomic E-state index is 0.0249. The van der Waals surface area contributed by atoms with Crippen molar-refractivity contribution in [3.8, 4) is 0 Å². The van der Waals surface area contributed by atoms with Gasteiger partial charge in [-0.3, -0.25) is 4.79 Å². The van der Waals surface area contributed by atoms with E-state index in [0.717, 1.165) is 5.75 Å². The number of hydrogen-bond acceptors (Lipinski definition) is 3. The fraction of sp³-hybridized carbons (Fsp3) is 0.833. The lowest BCUT2D eigenvalue weighted by Gasteiger charge is -2.18. The quantitative estimate of drug-likeness (QED) is 0.794. The lowest BCUT2D eigenvalue weighted by atomic mass is 9.99. The zero-order valence-electron chi connectivity index (χ0n) is 11.2. The van der Waals surface area contributed by atoms with E-state index in [1.807, 2.05) is 13.2 Å². The van der Waals surface area contributed by atoms with E-state index in [1.54, 1.807) is 16.7 Å². The number of amides is 2. The maximum absolute atomic E-state index is 11.9. The van der Waals surface area contributed by atoms with Crippen LogP contribution < -0.4 is 5.32 Å². The van der Waals surface area contributed by atoms with E-state index in [-0.39, 0.29) is 11.9 Å². The molecule has 0 radical (unpaired) electrons. The number of likely N-dealkylation sites (tertiary alicyclic amines) is 1. The van der Waals surface area contributed by atoms with Crippen LogP contribution in [-0.4, -0.2) is 53.6 Å². The minimum atomic E-state index is -0.812. The van der Waals surface area contributed by atoms with Gasteiger partial charge in [-0.1, -0.05) is 13.8 Å². The molecule has 2 amide bonds. The Bertz CT molecular complexity index is 312. The van der Waals surface area contributed by atoms with E-state index in [1.165, 1.54) is 0 Å². The van der Waals surface area contributed by atoms with Gasteiger partial charge in [-0.25, -0.2) is 4.79 Å². The van der Waals surface area contributed by atoms with E-state index in [4.69, 9.17) is 5.11 Å². The molecule has 3 atom stereocenters. The van der Waals surface area contributed by atoms with Crippen molar-refractivity contribution in [3.63, 3.8) is 0 Å². The Morgan fingerprint density at radius 2 is 2.17 bits per heavy atom. The van der Waals surface area contributed by atoms with Crippen molar-refractivity contribution in [1.29, 1.82) is 0 Å². The lowest BCUT2D eigenvalue weighted by Crippen LogP contribution is -2.41. The van der Waals surface area contributed by atoms with Gasteiger partial charge in [-0.15, -0.1) is 0 Å². The Kier molecular flexibility index (Phi) is 5.78. The van der Waals surface area contributed by atoms with Crippen LogP contribution in [0.3, 0.4) is 0 Å². The maximum Gasteiger partial charge on any atom is 0.317 e. The van der Waals surface area contributed by atoms with Crippen LogP contribution >= 0.6 is 11.8 Å². The van der Waals surface area contributed by atoms with E-state index >= 15 is 0 Å². The van der Waals surface area contributed by atoms with Crippen LogP contribution in [-0.2, 0) is 4.79 Å². The van der Waals surface area contributed by atoms with E-state index < -0.39 is 11.9 Å². The highest BCUT2D eigenvalue weighted by Gasteiger charge is 2.36. The topological polar surface area (TPSA) is 69.6 Å². The number of hydrogen-bond donors (Lipinski definition) is 2. The van der Waals surface area contributed by atoms with Crippen molar-refractivity contribution in [2.45, 2.75) is 13.8 Å². The maximum atomic E-state index is 11.9. The van der Waals surface area contributed by atoms with Crippen LogP contribution in [0.1, 0.15) is 13.8 Å². The van der Waals surface area contributed by atoms with Gasteiger partial charge in [-0.2, -0.15) is 11.8 Å². The molecule has 2 N–H and O–H groups in total. The van der Waals surface area contributed by atoms with Crippen molar-refractivity contribution in [2.75, 3.05) is 31.6 Å². The van der Waals surface area contributed by atoms with Gasteiger partial charge in [0.15, 0.2) is 0 Å². The van der Waals surface area contributed by atoms with Crippen molar-refractivity contribution in [3.05, 3.63) is 0 Å². The average Bonchev–Trinajstić information content (AvgIpc) is 2.69. The van der Waals surface area contributed by atoms with Crippen molar-refractivity contribution in [2.24, 2.45) is 17.8 Å². The van der Waals surface area contributed by atoms with Gasteiger partial charge in [0, 0.05) is 19.6 Å². The van der Waals surface area contributed by atoms with Crippen LogP contribution in [0.4, 0.5) is 4.79 Å². The molecule has 5 nitrogen and oxygen atoms in total. The second-order valence-corrected chi connectivity index (χ2v) is 5.98. The number of carbonyl (C=O) groups excluding carboxylic acids is 1. The highest BCUT2D eigenvalue weighted by atomic mass is 32.2.